The van der Waals surface area contributed by atoms with Crippen LogP contribution in [0, 0.1) is 5.41 Å². The smallest absolute Gasteiger partial charge is 0.236 e. The lowest BCUT2D eigenvalue weighted by Gasteiger charge is -2.37. The highest BCUT2D eigenvalue weighted by atomic mass is 16.5. The molecule has 0 aliphatic rings. The van der Waals surface area contributed by atoms with Gasteiger partial charge < -0.3 is 20.6 Å². The molecule has 0 saturated carbocycles. The molecule has 0 aromatic rings. The van der Waals surface area contributed by atoms with E-state index >= 15 is 0 Å². The van der Waals surface area contributed by atoms with Crippen LogP contribution in [0.2, 0.25) is 0 Å². The molecule has 1 atom stereocenters. The van der Waals surface area contributed by atoms with E-state index in [1.54, 1.807) is 18.9 Å². The predicted octanol–water partition coefficient (Wildman–Crippen LogP) is 1.81. The minimum absolute atomic E-state index is 0.0432. The number of ether oxygens (including phenoxy) is 1. The molecule has 1 amide bonds. The third kappa shape index (κ3) is 4.10. The molecule has 0 fully saturated rings. The maximum Gasteiger partial charge on any atom is 0.236 e. The van der Waals surface area contributed by atoms with Crippen LogP contribution < -0.4 is 5.73 Å². The van der Waals surface area contributed by atoms with Crippen molar-refractivity contribution in [1.82, 2.24) is 4.90 Å². The Morgan fingerprint density at radius 3 is 2.30 bits per heavy atom. The number of methoxy groups -OCH3 is 1. The van der Waals surface area contributed by atoms with E-state index in [1.807, 2.05) is 20.8 Å². The van der Waals surface area contributed by atoms with Crippen LogP contribution in [-0.4, -0.2) is 48.2 Å². The lowest BCUT2D eigenvalue weighted by molar-refractivity contribution is -0.141. The fourth-order valence-corrected chi connectivity index (χ4v) is 2.24. The predicted molar refractivity (Wildman–Crippen MR) is 79.8 cm³/mol. The van der Waals surface area contributed by atoms with Crippen LogP contribution >= 0.6 is 0 Å². The summed E-state index contributed by atoms with van der Waals surface area (Å²) in [5.74, 6) is -0.153. The Bertz CT molecular complexity index is 330. The largest absolute Gasteiger partial charge is 0.409 e. The first-order valence-electron chi connectivity index (χ1n) is 7.20. The number of carbonyl (C=O) groups is 1. The van der Waals surface area contributed by atoms with E-state index in [4.69, 9.17) is 15.7 Å². The van der Waals surface area contributed by atoms with Gasteiger partial charge in [0.2, 0.25) is 5.91 Å². The molecule has 1 unspecified atom stereocenters. The van der Waals surface area contributed by atoms with Gasteiger partial charge in [-0.05, 0) is 26.2 Å². The van der Waals surface area contributed by atoms with Gasteiger partial charge in [-0.15, -0.1) is 0 Å². The fourth-order valence-electron chi connectivity index (χ4n) is 2.24. The minimum Gasteiger partial charge on any atom is -0.409 e. The zero-order valence-electron chi connectivity index (χ0n) is 13.3. The average Bonchev–Trinajstić information content (AvgIpc) is 2.48. The number of amides is 1. The zero-order chi connectivity index (χ0) is 15.8. The number of hydrogen-bond acceptors (Lipinski definition) is 4. The number of nitrogens with two attached hydrogens (primary N) is 1. The Hall–Kier alpha value is -1.30. The van der Waals surface area contributed by atoms with Gasteiger partial charge in [-0.2, -0.15) is 0 Å². The maximum atomic E-state index is 12.9. The molecule has 118 valence electrons. The van der Waals surface area contributed by atoms with Gasteiger partial charge in [0, 0.05) is 19.7 Å². The molecule has 0 heterocycles. The van der Waals surface area contributed by atoms with Crippen LogP contribution in [0.15, 0.2) is 5.16 Å². The summed E-state index contributed by atoms with van der Waals surface area (Å²) in [5.41, 5.74) is 4.75. The minimum atomic E-state index is -0.981. The summed E-state index contributed by atoms with van der Waals surface area (Å²) >= 11 is 0. The molecule has 20 heavy (non-hydrogen) atoms. The second-order valence-electron chi connectivity index (χ2n) is 5.13. The normalized spacial score (nSPS) is 15.2. The number of carbonyl (C=O) groups excluding carboxylic acids is 1. The molecule has 0 radical (unpaired) electrons. The Morgan fingerprint density at radius 1 is 1.40 bits per heavy atom. The van der Waals surface area contributed by atoms with Crippen LogP contribution in [0.5, 0.6) is 0 Å². The quantitative estimate of drug-likeness (QED) is 0.293. The van der Waals surface area contributed by atoms with Crippen molar-refractivity contribution in [2.24, 2.45) is 16.3 Å². The number of amidine groups is 1. The van der Waals surface area contributed by atoms with E-state index in [2.05, 4.69) is 5.16 Å². The highest BCUT2D eigenvalue weighted by molar-refractivity contribution is 6.06. The van der Waals surface area contributed by atoms with Gasteiger partial charge in [0.05, 0.1) is 6.61 Å². The first-order valence-corrected chi connectivity index (χ1v) is 7.20. The Morgan fingerprint density at radius 2 is 1.95 bits per heavy atom. The van der Waals surface area contributed by atoms with E-state index in [0.717, 1.165) is 12.8 Å². The van der Waals surface area contributed by atoms with Gasteiger partial charge in [0.25, 0.3) is 0 Å². The summed E-state index contributed by atoms with van der Waals surface area (Å²) in [5, 5.41) is 12.0. The van der Waals surface area contributed by atoms with Gasteiger partial charge in [0.15, 0.2) is 5.84 Å². The molecule has 0 aromatic heterocycles. The molecule has 6 heteroatoms. The monoisotopic (exact) mass is 287 g/mol. The van der Waals surface area contributed by atoms with Crippen molar-refractivity contribution < 1.29 is 14.7 Å². The summed E-state index contributed by atoms with van der Waals surface area (Å²) in [6.45, 7) is 8.65. The molecular weight excluding hydrogens is 258 g/mol. The van der Waals surface area contributed by atoms with E-state index < -0.39 is 5.41 Å². The van der Waals surface area contributed by atoms with Crippen LogP contribution in [0.4, 0.5) is 0 Å². The number of hydrogen-bond donors (Lipinski definition) is 2. The molecule has 0 rings (SSSR count). The molecule has 0 aliphatic heterocycles. The van der Waals surface area contributed by atoms with E-state index in [0.29, 0.717) is 19.6 Å². The fraction of sp³-hybridized carbons (Fsp3) is 0.857. The highest BCUT2D eigenvalue weighted by Crippen LogP contribution is 2.27. The van der Waals surface area contributed by atoms with E-state index in [-0.39, 0.29) is 17.8 Å². The third-order valence-corrected chi connectivity index (χ3v) is 4.03. The van der Waals surface area contributed by atoms with E-state index in [9.17, 15) is 4.79 Å². The molecule has 0 saturated heterocycles. The molecule has 3 N–H and O–H groups in total. The van der Waals surface area contributed by atoms with Gasteiger partial charge >= 0.3 is 0 Å². The summed E-state index contributed by atoms with van der Waals surface area (Å²) in [4.78, 5) is 14.7. The van der Waals surface area contributed by atoms with Crippen molar-refractivity contribution in [3.8, 4) is 0 Å². The summed E-state index contributed by atoms with van der Waals surface area (Å²) in [7, 11) is 1.61. The Kier molecular flexibility index (Phi) is 8.22. The molecule has 0 aromatic carbocycles. The maximum absolute atomic E-state index is 12.9. The second kappa shape index (κ2) is 8.79. The van der Waals surface area contributed by atoms with Crippen LogP contribution in [0.1, 0.15) is 47.0 Å². The standard InChI is InChI=1S/C14H29N3O3/c1-6-11(7-2)17(9-10-20-5)13(18)14(4,8-3)12(15)16-19/h11,19H,6-10H2,1-5H3,(H2,15,16). The van der Waals surface area contributed by atoms with E-state index in [1.165, 1.54) is 0 Å². The van der Waals surface area contributed by atoms with Crippen molar-refractivity contribution in [2.45, 2.75) is 53.0 Å². The Balaban J connectivity index is 5.38. The van der Waals surface area contributed by atoms with Crippen molar-refractivity contribution in [3.05, 3.63) is 0 Å². The molecule has 6 nitrogen and oxygen atoms in total. The van der Waals surface area contributed by atoms with Crippen molar-refractivity contribution in [1.29, 1.82) is 0 Å². The van der Waals surface area contributed by atoms with Crippen LogP contribution in [0.3, 0.4) is 0 Å². The second-order valence-corrected chi connectivity index (χ2v) is 5.13. The highest BCUT2D eigenvalue weighted by Gasteiger charge is 2.40. The summed E-state index contributed by atoms with van der Waals surface area (Å²) < 4.78 is 5.09. The number of oxime groups is 1. The SMILES string of the molecule is CCC(CC)N(CCOC)C(=O)C(C)(CC)C(N)=NO. The third-order valence-electron chi connectivity index (χ3n) is 4.03. The van der Waals surface area contributed by atoms with Crippen LogP contribution in [0.25, 0.3) is 0 Å². The lowest BCUT2D eigenvalue weighted by atomic mass is 9.83. The topological polar surface area (TPSA) is 88.2 Å². The van der Waals surface area contributed by atoms with Gasteiger partial charge in [-0.3, -0.25) is 4.79 Å². The zero-order valence-corrected chi connectivity index (χ0v) is 13.3. The molecular formula is C14H29N3O3. The summed E-state index contributed by atoms with van der Waals surface area (Å²) in [6, 6.07) is 0.134. The first-order chi connectivity index (χ1) is 9.42. The molecule has 0 bridgehead atoms. The van der Waals surface area contributed by atoms with Gasteiger partial charge in [-0.1, -0.05) is 25.9 Å². The van der Waals surface area contributed by atoms with Crippen molar-refractivity contribution in [3.63, 3.8) is 0 Å². The average molecular weight is 287 g/mol. The van der Waals surface area contributed by atoms with Crippen molar-refractivity contribution >= 4 is 11.7 Å². The molecule has 0 spiro atoms. The lowest BCUT2D eigenvalue weighted by Crippen LogP contribution is -2.53. The number of nitrogens with zero attached hydrogens (tertiary/aromatic N) is 2. The first kappa shape index (κ1) is 18.7. The molecule has 0 aliphatic carbocycles. The Labute approximate surface area is 122 Å². The number of rotatable bonds is 9. The summed E-state index contributed by atoms with van der Waals surface area (Å²) in [6.07, 6.45) is 2.20. The van der Waals surface area contributed by atoms with Gasteiger partial charge in [0.1, 0.15) is 5.41 Å². The van der Waals surface area contributed by atoms with Gasteiger partial charge in [-0.25, -0.2) is 0 Å². The van der Waals surface area contributed by atoms with Crippen molar-refractivity contribution in [2.75, 3.05) is 20.3 Å². The van der Waals surface area contributed by atoms with Crippen LogP contribution in [-0.2, 0) is 9.53 Å².